The van der Waals surface area contributed by atoms with Crippen LogP contribution in [0.15, 0.2) is 137 Å². The second kappa shape index (κ2) is 16.8. The molecule has 0 radical (unpaired) electrons. The van der Waals surface area contributed by atoms with Crippen LogP contribution in [-0.2, 0) is 26.6 Å². The average molecular weight is 777 g/mol. The third-order valence-corrected chi connectivity index (χ3v) is 12.3. The minimum absolute atomic E-state index is 0.00644. The first-order valence-electron chi connectivity index (χ1n) is 16.5. The lowest BCUT2D eigenvalue weighted by molar-refractivity contribution is -0.387. The Labute approximate surface area is 312 Å². The van der Waals surface area contributed by atoms with Gasteiger partial charge in [-0.1, -0.05) is 66.7 Å². The van der Waals surface area contributed by atoms with E-state index in [1.165, 1.54) is 56.1 Å². The lowest BCUT2D eigenvalue weighted by Crippen LogP contribution is -2.27. The number of hydrogen-bond acceptors (Lipinski definition) is 10. The van der Waals surface area contributed by atoms with Crippen molar-refractivity contribution in [3.8, 4) is 0 Å². The maximum absolute atomic E-state index is 13.3. The van der Waals surface area contributed by atoms with Crippen molar-refractivity contribution in [2.24, 2.45) is 0 Å². The molecule has 1 unspecified atom stereocenters. The van der Waals surface area contributed by atoms with Crippen molar-refractivity contribution in [3.05, 3.63) is 159 Å². The first-order valence-corrected chi connectivity index (χ1v) is 19.4. The summed E-state index contributed by atoms with van der Waals surface area (Å²) in [6.45, 7) is 2.51. The predicted molar refractivity (Wildman–Crippen MR) is 204 cm³/mol. The fourth-order valence-corrected chi connectivity index (χ4v) is 8.18. The fourth-order valence-electron chi connectivity index (χ4n) is 5.76. The number of likely N-dealkylation sites (tertiary alicyclic amines) is 1. The molecule has 14 nitrogen and oxygen atoms in total. The Kier molecular flexibility index (Phi) is 12.3. The van der Waals surface area contributed by atoms with E-state index in [0.29, 0.717) is 5.69 Å². The highest BCUT2D eigenvalue weighted by atomic mass is 32.2. The Morgan fingerprint density at radius 3 is 1.67 bits per heavy atom. The van der Waals surface area contributed by atoms with Crippen LogP contribution in [-0.4, -0.2) is 64.8 Å². The minimum Gasteiger partial charge on any atom is -0.375 e. The summed E-state index contributed by atoms with van der Waals surface area (Å²) in [6.07, 6.45) is 0.869. The Morgan fingerprint density at radius 1 is 0.704 bits per heavy atom. The van der Waals surface area contributed by atoms with Gasteiger partial charge < -0.3 is 5.32 Å². The molecule has 1 aliphatic heterocycles. The fraction of sp³-hybridized carbons (Fsp3) is 0.189. The summed E-state index contributed by atoms with van der Waals surface area (Å²) in [5.74, 6) is -1.02. The molecule has 5 aromatic rings. The molecule has 5 aromatic carbocycles. The molecule has 0 spiro atoms. The van der Waals surface area contributed by atoms with Crippen LogP contribution in [0.2, 0.25) is 0 Å². The number of benzene rings is 5. The van der Waals surface area contributed by atoms with E-state index in [0.717, 1.165) is 46.8 Å². The summed E-state index contributed by atoms with van der Waals surface area (Å²) in [7, 11) is -5.04. The molecule has 0 amide bonds. The molecule has 1 saturated heterocycles. The van der Waals surface area contributed by atoms with Crippen LogP contribution < -0.4 is 13.9 Å². The maximum Gasteiger partial charge on any atom is 0.306 e. The molecule has 54 heavy (non-hydrogen) atoms. The van der Waals surface area contributed by atoms with Crippen LogP contribution >= 0.6 is 0 Å². The second-order valence-electron chi connectivity index (χ2n) is 12.3. The number of anilines is 3. The summed E-state index contributed by atoms with van der Waals surface area (Å²) in [4.78, 5) is 23.6. The van der Waals surface area contributed by atoms with Crippen LogP contribution in [0.25, 0.3) is 0 Å². The van der Waals surface area contributed by atoms with Crippen LogP contribution in [0.1, 0.15) is 12.0 Å². The molecular weight excluding hydrogens is 740 g/mol. The van der Waals surface area contributed by atoms with Gasteiger partial charge in [0, 0.05) is 51.9 Å². The van der Waals surface area contributed by atoms with Gasteiger partial charge in [0.25, 0.3) is 25.7 Å². The van der Waals surface area contributed by atoms with Crippen LogP contribution in [0.4, 0.5) is 32.8 Å². The number of nitrogens with zero attached hydrogens (tertiary/aromatic N) is 5. The van der Waals surface area contributed by atoms with E-state index in [-0.39, 0.29) is 32.9 Å². The lowest BCUT2D eigenvalue weighted by Gasteiger charge is -2.21. The molecule has 0 bridgehead atoms. The Hall–Kier alpha value is -5.91. The van der Waals surface area contributed by atoms with Crippen molar-refractivity contribution in [2.45, 2.75) is 28.8 Å². The topological polar surface area (TPSA) is 176 Å². The van der Waals surface area contributed by atoms with Gasteiger partial charge in [-0.3, -0.25) is 33.7 Å². The van der Waals surface area contributed by atoms with E-state index in [4.69, 9.17) is 0 Å². The van der Waals surface area contributed by atoms with Gasteiger partial charge in [-0.2, -0.15) is 4.39 Å². The zero-order valence-electron chi connectivity index (χ0n) is 29.2. The van der Waals surface area contributed by atoms with Gasteiger partial charge in [0.15, 0.2) is 0 Å². The summed E-state index contributed by atoms with van der Waals surface area (Å²) in [6, 6.07) is 33.3. The van der Waals surface area contributed by atoms with E-state index in [9.17, 15) is 41.5 Å². The molecule has 1 heterocycles. The largest absolute Gasteiger partial charge is 0.375 e. The molecule has 0 aromatic heterocycles. The third-order valence-electron chi connectivity index (χ3n) is 8.72. The number of nitro benzene ring substituents is 2. The minimum atomic E-state index is -3.86. The molecule has 0 saturated carbocycles. The smallest absolute Gasteiger partial charge is 0.306 e. The summed E-state index contributed by atoms with van der Waals surface area (Å²) in [5, 5.41) is 25.8. The number of nitrogens with one attached hydrogen (secondary N) is 1. The van der Waals surface area contributed by atoms with Crippen molar-refractivity contribution in [2.75, 3.05) is 41.1 Å². The summed E-state index contributed by atoms with van der Waals surface area (Å²) < 4.78 is 65.7. The van der Waals surface area contributed by atoms with Gasteiger partial charge in [-0.25, -0.2) is 16.8 Å². The Bertz CT molecular complexity index is 2320. The number of hydrogen-bond donors (Lipinski definition) is 1. The van der Waals surface area contributed by atoms with Gasteiger partial charge in [-0.05, 0) is 60.5 Å². The highest BCUT2D eigenvalue weighted by Gasteiger charge is 2.28. The summed E-state index contributed by atoms with van der Waals surface area (Å²) in [5.41, 5.74) is 0.934. The monoisotopic (exact) mass is 776 g/mol. The van der Waals surface area contributed by atoms with Gasteiger partial charge in [-0.15, -0.1) is 0 Å². The molecular formula is C37H37FN6O8S2. The molecule has 282 valence electrons. The van der Waals surface area contributed by atoms with Crippen molar-refractivity contribution < 1.29 is 31.1 Å². The van der Waals surface area contributed by atoms with Gasteiger partial charge >= 0.3 is 5.69 Å². The predicted octanol–water partition coefficient (Wildman–Crippen LogP) is 6.67. The third kappa shape index (κ3) is 9.17. The summed E-state index contributed by atoms with van der Waals surface area (Å²) >= 11 is 0. The number of nitro groups is 2. The SMILES string of the molecule is CN(c1ccc(F)c([N+](=O)[O-])c1)S(=O)(=O)c1ccccc1.CN(c1ccc(NC2CCN(Cc3ccccc3)C2)c([N+](=O)[O-])c1)S(=O)(=O)c1ccccc1. The molecule has 1 N–H and O–H groups in total. The first-order chi connectivity index (χ1) is 25.7. The van der Waals surface area contributed by atoms with E-state index in [1.807, 2.05) is 18.2 Å². The first kappa shape index (κ1) is 39.3. The number of halogens is 1. The van der Waals surface area contributed by atoms with Gasteiger partial charge in [0.1, 0.15) is 5.69 Å². The highest BCUT2D eigenvalue weighted by Crippen LogP contribution is 2.33. The quantitative estimate of drug-likeness (QED) is 0.106. The number of sulfonamides is 2. The second-order valence-corrected chi connectivity index (χ2v) is 16.2. The van der Waals surface area contributed by atoms with Gasteiger partial charge in [0.05, 0.1) is 31.0 Å². The van der Waals surface area contributed by atoms with Crippen molar-refractivity contribution in [1.82, 2.24) is 4.90 Å². The molecule has 17 heteroatoms. The van der Waals surface area contributed by atoms with E-state index < -0.39 is 41.4 Å². The van der Waals surface area contributed by atoms with Crippen molar-refractivity contribution >= 4 is 48.5 Å². The molecule has 1 aliphatic rings. The van der Waals surface area contributed by atoms with Crippen LogP contribution in [0.5, 0.6) is 0 Å². The maximum atomic E-state index is 13.3. The Balaban J connectivity index is 0.000000230. The zero-order chi connectivity index (χ0) is 39.0. The van der Waals surface area contributed by atoms with Gasteiger partial charge in [0.2, 0.25) is 5.82 Å². The van der Waals surface area contributed by atoms with Crippen LogP contribution in [0.3, 0.4) is 0 Å². The van der Waals surface area contributed by atoms with Crippen molar-refractivity contribution in [1.29, 1.82) is 0 Å². The van der Waals surface area contributed by atoms with E-state index >= 15 is 0 Å². The molecule has 0 aliphatic carbocycles. The normalized spacial score (nSPS) is 14.4. The lowest BCUT2D eigenvalue weighted by atomic mass is 10.2. The molecule has 1 atom stereocenters. The van der Waals surface area contributed by atoms with Crippen molar-refractivity contribution in [3.63, 3.8) is 0 Å². The molecule has 1 fully saturated rings. The molecule has 6 rings (SSSR count). The number of rotatable bonds is 12. The zero-order valence-corrected chi connectivity index (χ0v) is 30.9. The van der Waals surface area contributed by atoms with E-state index in [1.54, 1.807) is 48.5 Å². The Morgan fingerprint density at radius 2 is 1.17 bits per heavy atom. The van der Waals surface area contributed by atoms with E-state index in [2.05, 4.69) is 22.3 Å². The standard InChI is InChI=1S/C24H26N4O4S.C13H11FN2O4S/c1-26(33(31,32)22-10-6-3-7-11-22)21-12-13-23(24(16-21)28(29)30)25-20-14-15-27(18-20)17-19-8-4-2-5-9-19;1-15(21(19,20)11-5-3-2-4-6-11)10-7-8-12(14)13(9-10)16(17)18/h2-13,16,20,25H,14-15,17-18H2,1H3;2-9H,1H3. The highest BCUT2D eigenvalue weighted by molar-refractivity contribution is 7.93. The van der Waals surface area contributed by atoms with Crippen LogP contribution in [0, 0.1) is 26.0 Å². The average Bonchev–Trinajstić information content (AvgIpc) is 3.61.